The summed E-state index contributed by atoms with van der Waals surface area (Å²) in [5.74, 6) is 0. The van der Waals surface area contributed by atoms with Crippen LogP contribution in [0.4, 0.5) is 0 Å². The van der Waals surface area contributed by atoms with Gasteiger partial charge < -0.3 is 22.8 Å². The van der Waals surface area contributed by atoms with E-state index in [0.717, 1.165) is 38.5 Å². The fraction of sp³-hybridized carbons (Fsp3) is 0.857. The molecule has 2 atom stereocenters. The average Bonchev–Trinajstić information content (AvgIpc) is 3.29. The Morgan fingerprint density at radius 1 is 1.20 bits per heavy atom. The van der Waals surface area contributed by atoms with Crippen molar-refractivity contribution in [3.63, 3.8) is 0 Å². The second-order valence-corrected chi connectivity index (χ2v) is 8.08. The van der Waals surface area contributed by atoms with Gasteiger partial charge >= 0.3 is 8.80 Å². The normalized spacial score (nSPS) is 20.5. The Morgan fingerprint density at radius 2 is 1.85 bits per heavy atom. The second-order valence-electron chi connectivity index (χ2n) is 4.99. The lowest BCUT2D eigenvalue weighted by Gasteiger charge is -2.23. The van der Waals surface area contributed by atoms with E-state index in [1.165, 1.54) is 0 Å². The van der Waals surface area contributed by atoms with Crippen LogP contribution in [0, 0.1) is 0 Å². The standard InChI is InChI=1S/C14H28O5Si/c1-13(18-11-14-12-19-14)9-7-5-6-8-10-20(15-2,16-3)17-4/h5,7,13-14H,6,8-12H2,1-4H3. The third kappa shape index (κ3) is 6.96. The molecule has 0 aromatic heterocycles. The summed E-state index contributed by atoms with van der Waals surface area (Å²) in [7, 11) is 2.56. The lowest BCUT2D eigenvalue weighted by Crippen LogP contribution is -2.42. The van der Waals surface area contributed by atoms with E-state index >= 15 is 0 Å². The fourth-order valence-electron chi connectivity index (χ4n) is 1.90. The molecule has 0 aliphatic carbocycles. The Morgan fingerprint density at radius 3 is 2.40 bits per heavy atom. The van der Waals surface area contributed by atoms with Gasteiger partial charge in [0.15, 0.2) is 0 Å². The molecule has 1 heterocycles. The first-order valence-electron chi connectivity index (χ1n) is 7.19. The van der Waals surface area contributed by atoms with Crippen LogP contribution in [-0.2, 0) is 22.8 Å². The number of hydrogen-bond acceptors (Lipinski definition) is 5. The Bertz CT molecular complexity index is 268. The van der Waals surface area contributed by atoms with E-state index in [4.69, 9.17) is 22.8 Å². The van der Waals surface area contributed by atoms with Gasteiger partial charge in [0.05, 0.1) is 19.3 Å². The first kappa shape index (κ1) is 17.8. The van der Waals surface area contributed by atoms with Crippen LogP contribution < -0.4 is 0 Å². The molecule has 20 heavy (non-hydrogen) atoms. The molecule has 5 nitrogen and oxygen atoms in total. The molecular formula is C14H28O5Si. The fourth-order valence-corrected chi connectivity index (χ4v) is 3.65. The minimum Gasteiger partial charge on any atom is -0.377 e. The second kappa shape index (κ2) is 9.65. The van der Waals surface area contributed by atoms with Crippen molar-refractivity contribution in [3.8, 4) is 0 Å². The van der Waals surface area contributed by atoms with Gasteiger partial charge in [-0.15, -0.1) is 0 Å². The van der Waals surface area contributed by atoms with Gasteiger partial charge in [-0.3, -0.25) is 0 Å². The SMILES string of the molecule is CO[Si](CCCC=CCC(C)OCC1CO1)(OC)OC. The van der Waals surface area contributed by atoms with E-state index in [9.17, 15) is 0 Å². The third-order valence-electron chi connectivity index (χ3n) is 3.39. The summed E-state index contributed by atoms with van der Waals surface area (Å²) in [6.07, 6.45) is 7.90. The summed E-state index contributed by atoms with van der Waals surface area (Å²) in [5, 5.41) is 0. The summed E-state index contributed by atoms with van der Waals surface area (Å²) in [6.45, 7) is 3.66. The number of ether oxygens (including phenoxy) is 2. The van der Waals surface area contributed by atoms with Crippen LogP contribution in [0.25, 0.3) is 0 Å². The molecule has 0 spiro atoms. The molecule has 2 unspecified atom stereocenters. The molecule has 1 fully saturated rings. The van der Waals surface area contributed by atoms with Crippen molar-refractivity contribution in [2.75, 3.05) is 34.5 Å². The molecular weight excluding hydrogens is 276 g/mol. The molecule has 0 amide bonds. The van der Waals surface area contributed by atoms with Gasteiger partial charge in [0.2, 0.25) is 0 Å². The predicted octanol–water partition coefficient (Wildman–Crippen LogP) is 2.39. The molecule has 0 aromatic carbocycles. The first-order valence-corrected chi connectivity index (χ1v) is 9.12. The van der Waals surface area contributed by atoms with Crippen molar-refractivity contribution in [3.05, 3.63) is 12.2 Å². The van der Waals surface area contributed by atoms with Gasteiger partial charge in [-0.05, 0) is 26.2 Å². The third-order valence-corrected chi connectivity index (χ3v) is 6.22. The highest BCUT2D eigenvalue weighted by Crippen LogP contribution is 2.16. The molecule has 1 rings (SSSR count). The van der Waals surface area contributed by atoms with Gasteiger partial charge in [-0.2, -0.15) is 0 Å². The molecule has 118 valence electrons. The molecule has 6 heteroatoms. The summed E-state index contributed by atoms with van der Waals surface area (Å²) in [6, 6.07) is 0.839. The zero-order valence-corrected chi connectivity index (χ0v) is 14.1. The molecule has 0 bridgehead atoms. The Kier molecular flexibility index (Phi) is 8.59. The Hall–Kier alpha value is -0.243. The minimum absolute atomic E-state index is 0.251. The highest BCUT2D eigenvalue weighted by Gasteiger charge is 2.36. The van der Waals surface area contributed by atoms with Gasteiger partial charge in [-0.1, -0.05) is 12.2 Å². The molecule has 0 N–H and O–H groups in total. The quantitative estimate of drug-likeness (QED) is 0.240. The van der Waals surface area contributed by atoms with Crippen molar-refractivity contribution >= 4 is 8.80 Å². The Labute approximate surface area is 123 Å². The highest BCUT2D eigenvalue weighted by atomic mass is 28.4. The average molecular weight is 304 g/mol. The Balaban J connectivity index is 2.05. The number of unbranched alkanes of at least 4 members (excludes halogenated alkanes) is 1. The first-order chi connectivity index (χ1) is 9.65. The van der Waals surface area contributed by atoms with Gasteiger partial charge in [0.1, 0.15) is 6.10 Å². The highest BCUT2D eigenvalue weighted by molar-refractivity contribution is 6.60. The maximum absolute atomic E-state index is 5.65. The van der Waals surface area contributed by atoms with Crippen LogP contribution in [0.15, 0.2) is 12.2 Å². The lowest BCUT2D eigenvalue weighted by molar-refractivity contribution is 0.0564. The topological polar surface area (TPSA) is 49.5 Å². The number of hydrogen-bond donors (Lipinski definition) is 0. The van der Waals surface area contributed by atoms with Crippen molar-refractivity contribution in [2.45, 2.75) is 44.4 Å². The molecule has 1 aliphatic rings. The van der Waals surface area contributed by atoms with E-state index in [2.05, 4.69) is 19.1 Å². The zero-order valence-electron chi connectivity index (χ0n) is 13.1. The van der Waals surface area contributed by atoms with Crippen molar-refractivity contribution in [2.24, 2.45) is 0 Å². The van der Waals surface area contributed by atoms with E-state index in [-0.39, 0.29) is 6.10 Å². The van der Waals surface area contributed by atoms with Crippen LogP contribution in [0.2, 0.25) is 6.04 Å². The molecule has 0 radical (unpaired) electrons. The maximum Gasteiger partial charge on any atom is 0.500 e. The summed E-state index contributed by atoms with van der Waals surface area (Å²) in [4.78, 5) is 0. The van der Waals surface area contributed by atoms with E-state index in [0.29, 0.717) is 6.10 Å². The van der Waals surface area contributed by atoms with E-state index in [1.54, 1.807) is 21.3 Å². The predicted molar refractivity (Wildman–Crippen MR) is 79.7 cm³/mol. The van der Waals surface area contributed by atoms with Gasteiger partial charge in [-0.25, -0.2) is 0 Å². The number of allylic oxidation sites excluding steroid dienone is 1. The maximum atomic E-state index is 5.65. The van der Waals surface area contributed by atoms with Crippen LogP contribution in [0.3, 0.4) is 0 Å². The lowest BCUT2D eigenvalue weighted by atomic mass is 10.2. The summed E-state index contributed by atoms with van der Waals surface area (Å²) >= 11 is 0. The smallest absolute Gasteiger partial charge is 0.377 e. The number of epoxide rings is 1. The van der Waals surface area contributed by atoms with E-state index in [1.807, 2.05) is 0 Å². The van der Waals surface area contributed by atoms with Gasteiger partial charge in [0, 0.05) is 27.4 Å². The van der Waals surface area contributed by atoms with Crippen molar-refractivity contribution in [1.29, 1.82) is 0 Å². The zero-order chi connectivity index (χ0) is 14.8. The monoisotopic (exact) mass is 304 g/mol. The minimum atomic E-state index is -2.39. The van der Waals surface area contributed by atoms with Gasteiger partial charge in [0.25, 0.3) is 0 Å². The molecule has 0 saturated carbocycles. The van der Waals surface area contributed by atoms with Crippen molar-refractivity contribution in [1.82, 2.24) is 0 Å². The molecule has 1 saturated heterocycles. The van der Waals surface area contributed by atoms with Crippen LogP contribution in [-0.4, -0.2) is 55.6 Å². The van der Waals surface area contributed by atoms with Crippen LogP contribution >= 0.6 is 0 Å². The summed E-state index contributed by atoms with van der Waals surface area (Å²) in [5.41, 5.74) is 0. The van der Waals surface area contributed by atoms with Crippen molar-refractivity contribution < 1.29 is 22.8 Å². The summed E-state index contributed by atoms with van der Waals surface area (Å²) < 4.78 is 26.9. The molecule has 0 aromatic rings. The van der Waals surface area contributed by atoms with E-state index < -0.39 is 8.80 Å². The largest absolute Gasteiger partial charge is 0.500 e. The van der Waals surface area contributed by atoms with Crippen LogP contribution in [0.5, 0.6) is 0 Å². The van der Waals surface area contributed by atoms with Crippen LogP contribution in [0.1, 0.15) is 26.2 Å². The number of rotatable bonds is 12. The molecule has 1 aliphatic heterocycles.